The van der Waals surface area contributed by atoms with Crippen molar-refractivity contribution in [1.29, 1.82) is 0 Å². The number of rotatable bonds is 8. The lowest BCUT2D eigenvalue weighted by Gasteiger charge is -2.28. The minimum absolute atomic E-state index is 0.601. The van der Waals surface area contributed by atoms with E-state index in [1.54, 1.807) is 0 Å². The summed E-state index contributed by atoms with van der Waals surface area (Å²) in [5, 5.41) is 5.59. The Labute approximate surface area is 108 Å². The quantitative estimate of drug-likeness (QED) is 0.564. The number of nitrogens with zero attached hydrogens (tertiary/aromatic N) is 1. The fourth-order valence-electron chi connectivity index (χ4n) is 2.15. The molecule has 0 saturated heterocycles. The maximum absolute atomic E-state index is 3.74. The number of hydrogen-bond donors (Lipinski definition) is 1. The van der Waals surface area contributed by atoms with Crippen LogP contribution in [0.4, 0.5) is 0 Å². The largest absolute Gasteiger partial charge is 0.312 e. The number of thiophene rings is 1. The second-order valence-electron chi connectivity index (χ2n) is 4.78. The summed E-state index contributed by atoms with van der Waals surface area (Å²) in [6.45, 7) is 9.12. The zero-order valence-corrected chi connectivity index (χ0v) is 11.4. The molecule has 1 aliphatic carbocycles. The van der Waals surface area contributed by atoms with Gasteiger partial charge in [-0.05, 0) is 31.2 Å². The van der Waals surface area contributed by atoms with Gasteiger partial charge >= 0.3 is 0 Å². The zero-order chi connectivity index (χ0) is 12.1. The maximum Gasteiger partial charge on any atom is 0.0334 e. The molecule has 0 amide bonds. The van der Waals surface area contributed by atoms with Gasteiger partial charge < -0.3 is 5.32 Å². The normalized spacial score (nSPS) is 17.3. The van der Waals surface area contributed by atoms with Crippen molar-refractivity contribution < 1.29 is 0 Å². The Balaban J connectivity index is 1.85. The fraction of sp³-hybridized carbons (Fsp3) is 0.571. The van der Waals surface area contributed by atoms with E-state index in [-0.39, 0.29) is 0 Å². The molecule has 1 aromatic rings. The van der Waals surface area contributed by atoms with Crippen LogP contribution in [0.15, 0.2) is 30.2 Å². The molecule has 1 aromatic heterocycles. The van der Waals surface area contributed by atoms with Gasteiger partial charge in [0.05, 0.1) is 0 Å². The van der Waals surface area contributed by atoms with Gasteiger partial charge in [-0.2, -0.15) is 0 Å². The van der Waals surface area contributed by atoms with Gasteiger partial charge in [0.15, 0.2) is 0 Å². The predicted molar refractivity (Wildman–Crippen MR) is 75.4 cm³/mol. The standard InChI is InChI=1S/C14H22N2S/c1-3-8-15-10-12(2)16(13-6-7-13)11-14-5-4-9-17-14/h3-5,9,12-13,15H,1,6-8,10-11H2,2H3. The Bertz CT molecular complexity index is 330. The Hall–Kier alpha value is -0.640. The SMILES string of the molecule is C=CCNCC(C)N(Cc1cccs1)C1CC1. The van der Waals surface area contributed by atoms with Crippen molar-refractivity contribution in [2.75, 3.05) is 13.1 Å². The van der Waals surface area contributed by atoms with E-state index in [9.17, 15) is 0 Å². The van der Waals surface area contributed by atoms with Crippen LogP contribution in [0.5, 0.6) is 0 Å². The second-order valence-corrected chi connectivity index (χ2v) is 5.81. The van der Waals surface area contributed by atoms with Gasteiger partial charge in [-0.1, -0.05) is 12.1 Å². The third-order valence-corrected chi connectivity index (χ3v) is 4.09. The first-order valence-electron chi connectivity index (χ1n) is 6.41. The summed E-state index contributed by atoms with van der Waals surface area (Å²) in [7, 11) is 0. The van der Waals surface area contributed by atoms with Crippen molar-refractivity contribution >= 4 is 11.3 Å². The Kier molecular flexibility index (Phi) is 4.77. The van der Waals surface area contributed by atoms with E-state index < -0.39 is 0 Å². The Morgan fingerprint density at radius 2 is 2.47 bits per heavy atom. The van der Waals surface area contributed by atoms with E-state index in [0.717, 1.165) is 25.7 Å². The molecule has 17 heavy (non-hydrogen) atoms. The molecule has 94 valence electrons. The molecule has 0 spiro atoms. The van der Waals surface area contributed by atoms with Crippen LogP contribution in [0.2, 0.25) is 0 Å². The predicted octanol–water partition coefficient (Wildman–Crippen LogP) is 2.88. The maximum atomic E-state index is 3.74. The molecule has 0 aromatic carbocycles. The van der Waals surface area contributed by atoms with Crippen LogP contribution >= 0.6 is 11.3 Å². The molecule has 1 aliphatic rings. The fourth-order valence-corrected chi connectivity index (χ4v) is 2.86. The summed E-state index contributed by atoms with van der Waals surface area (Å²) in [6, 6.07) is 5.80. The summed E-state index contributed by atoms with van der Waals surface area (Å²) in [5.41, 5.74) is 0. The molecule has 1 atom stereocenters. The van der Waals surface area contributed by atoms with E-state index >= 15 is 0 Å². The highest BCUT2D eigenvalue weighted by Gasteiger charge is 2.31. The molecule has 1 unspecified atom stereocenters. The summed E-state index contributed by atoms with van der Waals surface area (Å²) in [5.74, 6) is 0. The van der Waals surface area contributed by atoms with Crippen molar-refractivity contribution in [3.8, 4) is 0 Å². The average molecular weight is 250 g/mol. The first kappa shape index (κ1) is 12.8. The third kappa shape index (κ3) is 3.95. The monoisotopic (exact) mass is 250 g/mol. The number of nitrogens with one attached hydrogen (secondary N) is 1. The Morgan fingerprint density at radius 3 is 3.06 bits per heavy atom. The van der Waals surface area contributed by atoms with E-state index in [4.69, 9.17) is 0 Å². The van der Waals surface area contributed by atoms with Crippen molar-refractivity contribution in [3.63, 3.8) is 0 Å². The van der Waals surface area contributed by atoms with E-state index in [1.807, 2.05) is 17.4 Å². The van der Waals surface area contributed by atoms with E-state index in [0.29, 0.717) is 6.04 Å². The molecule has 1 fully saturated rings. The molecular formula is C14H22N2S. The van der Waals surface area contributed by atoms with Crippen LogP contribution in [0, 0.1) is 0 Å². The highest BCUT2D eigenvalue weighted by Crippen LogP contribution is 2.30. The van der Waals surface area contributed by atoms with Gasteiger partial charge in [0.2, 0.25) is 0 Å². The Morgan fingerprint density at radius 1 is 1.65 bits per heavy atom. The van der Waals surface area contributed by atoms with Crippen molar-refractivity contribution in [1.82, 2.24) is 10.2 Å². The molecular weight excluding hydrogens is 228 g/mol. The third-order valence-electron chi connectivity index (χ3n) is 3.23. The van der Waals surface area contributed by atoms with Gasteiger partial charge in [0, 0.05) is 36.6 Å². The first-order valence-corrected chi connectivity index (χ1v) is 7.29. The van der Waals surface area contributed by atoms with Crippen LogP contribution in [-0.4, -0.2) is 30.1 Å². The van der Waals surface area contributed by atoms with Gasteiger partial charge in [-0.15, -0.1) is 17.9 Å². The van der Waals surface area contributed by atoms with Crippen LogP contribution in [-0.2, 0) is 6.54 Å². The van der Waals surface area contributed by atoms with Gasteiger partial charge in [0.1, 0.15) is 0 Å². The molecule has 2 rings (SSSR count). The lowest BCUT2D eigenvalue weighted by Crippen LogP contribution is -2.41. The smallest absolute Gasteiger partial charge is 0.0334 e. The molecule has 0 radical (unpaired) electrons. The average Bonchev–Trinajstić information content (AvgIpc) is 3.03. The summed E-state index contributed by atoms with van der Waals surface area (Å²) >= 11 is 1.86. The summed E-state index contributed by atoms with van der Waals surface area (Å²) in [6.07, 6.45) is 4.67. The van der Waals surface area contributed by atoms with Crippen molar-refractivity contribution in [2.45, 2.75) is 38.4 Å². The topological polar surface area (TPSA) is 15.3 Å². The van der Waals surface area contributed by atoms with Crippen LogP contribution in [0.3, 0.4) is 0 Å². The number of hydrogen-bond acceptors (Lipinski definition) is 3. The first-order chi connectivity index (χ1) is 8.31. The van der Waals surface area contributed by atoms with Crippen molar-refractivity contribution in [2.24, 2.45) is 0 Å². The summed E-state index contributed by atoms with van der Waals surface area (Å²) < 4.78 is 0. The minimum Gasteiger partial charge on any atom is -0.312 e. The van der Waals surface area contributed by atoms with E-state index in [1.165, 1.54) is 17.7 Å². The zero-order valence-electron chi connectivity index (χ0n) is 10.6. The second kappa shape index (κ2) is 6.34. The summed E-state index contributed by atoms with van der Waals surface area (Å²) in [4.78, 5) is 4.12. The van der Waals surface area contributed by atoms with Crippen LogP contribution in [0.1, 0.15) is 24.6 Å². The lowest BCUT2D eigenvalue weighted by atomic mass is 10.2. The van der Waals surface area contributed by atoms with Gasteiger partial charge in [-0.25, -0.2) is 0 Å². The molecule has 1 N–H and O–H groups in total. The molecule has 0 aliphatic heterocycles. The molecule has 2 nitrogen and oxygen atoms in total. The molecule has 1 saturated carbocycles. The van der Waals surface area contributed by atoms with Gasteiger partial charge in [-0.3, -0.25) is 4.90 Å². The van der Waals surface area contributed by atoms with Gasteiger partial charge in [0.25, 0.3) is 0 Å². The molecule has 1 heterocycles. The lowest BCUT2D eigenvalue weighted by molar-refractivity contribution is 0.188. The molecule has 0 bridgehead atoms. The van der Waals surface area contributed by atoms with Crippen molar-refractivity contribution in [3.05, 3.63) is 35.0 Å². The van der Waals surface area contributed by atoms with E-state index in [2.05, 4.69) is 41.2 Å². The van der Waals surface area contributed by atoms with Crippen LogP contribution in [0.25, 0.3) is 0 Å². The molecule has 3 heteroatoms. The highest BCUT2D eigenvalue weighted by molar-refractivity contribution is 7.09. The minimum atomic E-state index is 0.601. The highest BCUT2D eigenvalue weighted by atomic mass is 32.1. The van der Waals surface area contributed by atoms with Crippen LogP contribution < -0.4 is 5.32 Å².